The predicted molar refractivity (Wildman–Crippen MR) is 138 cm³/mol. The number of ether oxygens (including phenoxy) is 3. The van der Waals surface area contributed by atoms with Crippen molar-refractivity contribution in [1.82, 2.24) is 19.9 Å². The number of nitrogens with one attached hydrogen (secondary N) is 1. The van der Waals surface area contributed by atoms with Gasteiger partial charge in [0.2, 0.25) is 11.7 Å². The average molecular weight is 509 g/mol. The third-order valence-electron chi connectivity index (χ3n) is 6.93. The second-order valence-electron chi connectivity index (χ2n) is 9.54. The van der Waals surface area contributed by atoms with Crippen LogP contribution >= 0.6 is 0 Å². The van der Waals surface area contributed by atoms with E-state index < -0.39 is 0 Å². The lowest BCUT2D eigenvalue weighted by Gasteiger charge is -2.46. The molecule has 3 aromatic rings. The van der Waals surface area contributed by atoms with Crippen molar-refractivity contribution in [1.29, 1.82) is 0 Å². The molecule has 0 saturated carbocycles. The maximum absolute atomic E-state index is 14.6. The van der Waals surface area contributed by atoms with Crippen LogP contribution in [0.15, 0.2) is 36.9 Å². The zero-order chi connectivity index (χ0) is 25.8. The topological polar surface area (TPSA) is 94.5 Å². The molecule has 9 nitrogen and oxygen atoms in total. The number of aryl methyl sites for hydroxylation is 2. The normalized spacial score (nSPS) is 21.0. The smallest absolute Gasteiger partial charge is 0.262 e. The molecule has 2 aromatic heterocycles. The van der Waals surface area contributed by atoms with E-state index in [4.69, 9.17) is 14.2 Å². The van der Waals surface area contributed by atoms with Crippen molar-refractivity contribution in [3.05, 3.63) is 53.9 Å². The first-order valence-electron chi connectivity index (χ1n) is 12.8. The first kappa shape index (κ1) is 25.1. The summed E-state index contributed by atoms with van der Waals surface area (Å²) in [5, 5.41) is 3.03. The summed E-state index contributed by atoms with van der Waals surface area (Å²) in [7, 11) is 1.53. The van der Waals surface area contributed by atoms with Crippen LogP contribution in [0.5, 0.6) is 11.6 Å². The highest BCUT2D eigenvalue weighted by Gasteiger charge is 2.43. The lowest BCUT2D eigenvalue weighted by atomic mass is 9.84. The van der Waals surface area contributed by atoms with E-state index >= 15 is 0 Å². The average Bonchev–Trinajstić information content (AvgIpc) is 2.90. The highest BCUT2D eigenvalue weighted by molar-refractivity contribution is 5.65. The van der Waals surface area contributed by atoms with Crippen LogP contribution in [0.3, 0.4) is 0 Å². The molecule has 4 heterocycles. The van der Waals surface area contributed by atoms with Crippen LogP contribution in [0, 0.1) is 17.7 Å². The number of hydrogen-bond acceptors (Lipinski definition) is 9. The van der Waals surface area contributed by atoms with Crippen molar-refractivity contribution in [2.45, 2.75) is 39.2 Å². The largest absolute Gasteiger partial charge is 0.489 e. The number of nitrogens with zero attached hydrogens (tertiary/aromatic N) is 5. The summed E-state index contributed by atoms with van der Waals surface area (Å²) in [6, 6.07) is 5.10. The fourth-order valence-corrected chi connectivity index (χ4v) is 5.03. The molecule has 0 spiro atoms. The molecule has 0 radical (unpaired) electrons. The van der Waals surface area contributed by atoms with Gasteiger partial charge >= 0.3 is 0 Å². The number of methoxy groups -OCH3 is 1. The van der Waals surface area contributed by atoms with E-state index in [0.717, 1.165) is 36.3 Å². The van der Waals surface area contributed by atoms with Gasteiger partial charge in [-0.15, -0.1) is 0 Å². The minimum absolute atomic E-state index is 0.0986. The number of halogens is 1. The fourth-order valence-electron chi connectivity index (χ4n) is 5.03. The Hall–Kier alpha value is -3.53. The van der Waals surface area contributed by atoms with Crippen LogP contribution in [0.25, 0.3) is 0 Å². The van der Waals surface area contributed by atoms with Crippen molar-refractivity contribution in [3.8, 4) is 11.6 Å². The Kier molecular flexibility index (Phi) is 7.64. The van der Waals surface area contributed by atoms with Gasteiger partial charge in [-0.25, -0.2) is 19.3 Å². The van der Waals surface area contributed by atoms with Crippen molar-refractivity contribution >= 4 is 17.5 Å². The number of fused-ring (bicyclic) bond motifs is 2. The van der Waals surface area contributed by atoms with Gasteiger partial charge in [-0.05, 0) is 36.1 Å². The summed E-state index contributed by atoms with van der Waals surface area (Å²) in [4.78, 5) is 20.1. The van der Waals surface area contributed by atoms with Gasteiger partial charge in [0.05, 0.1) is 26.0 Å². The van der Waals surface area contributed by atoms with E-state index in [2.05, 4.69) is 37.1 Å². The molecule has 2 atom stereocenters. The molecule has 0 aliphatic carbocycles. The third kappa shape index (κ3) is 5.44. The second kappa shape index (κ2) is 11.2. The molecule has 2 saturated heterocycles. The maximum Gasteiger partial charge on any atom is 0.262 e. The zero-order valence-corrected chi connectivity index (χ0v) is 21.5. The fraction of sp³-hybridized carbons (Fsp3) is 0.481. The standard InChI is InChI=1S/C27H33FN6O3/c1-4-6-18-10-29-27(30-11-18)34-12-19-14-36-15-20(13-34)23(19)37-26-24(35-3)25(31-16-32-26)33-22-8-7-17(5-2)9-21(22)28/h7-11,16,19-20,23H,4-6,12-15H2,1-3H3,(H,31,32,33). The molecule has 5 rings (SSSR count). The highest BCUT2D eigenvalue weighted by atomic mass is 19.1. The van der Waals surface area contributed by atoms with Crippen LogP contribution < -0.4 is 19.7 Å². The molecule has 2 fully saturated rings. The lowest BCUT2D eigenvalue weighted by Crippen LogP contribution is -2.58. The number of piperidine rings is 1. The molecule has 2 bridgehead atoms. The Morgan fingerprint density at radius 3 is 2.46 bits per heavy atom. The van der Waals surface area contributed by atoms with Gasteiger partial charge in [-0.1, -0.05) is 26.3 Å². The first-order valence-corrected chi connectivity index (χ1v) is 12.8. The molecule has 2 aliphatic rings. The van der Waals surface area contributed by atoms with Gasteiger partial charge in [0, 0.05) is 37.3 Å². The minimum atomic E-state index is -0.355. The maximum atomic E-state index is 14.6. The summed E-state index contributed by atoms with van der Waals surface area (Å²) in [6.07, 6.45) is 7.90. The zero-order valence-electron chi connectivity index (χ0n) is 21.5. The number of hydrogen-bond donors (Lipinski definition) is 1. The van der Waals surface area contributed by atoms with Crippen LogP contribution in [0.1, 0.15) is 31.4 Å². The molecule has 2 unspecified atom stereocenters. The van der Waals surface area contributed by atoms with Crippen LogP contribution in [0.2, 0.25) is 0 Å². The second-order valence-corrected chi connectivity index (χ2v) is 9.54. The quantitative estimate of drug-likeness (QED) is 0.456. The van der Waals surface area contributed by atoms with E-state index in [9.17, 15) is 4.39 Å². The van der Waals surface area contributed by atoms with Gasteiger partial charge in [0.25, 0.3) is 5.88 Å². The van der Waals surface area contributed by atoms with Crippen molar-refractivity contribution in [2.75, 3.05) is 43.6 Å². The van der Waals surface area contributed by atoms with E-state index in [0.29, 0.717) is 49.4 Å². The molecule has 0 amide bonds. The van der Waals surface area contributed by atoms with E-state index in [1.165, 1.54) is 19.5 Å². The van der Waals surface area contributed by atoms with Gasteiger partial charge < -0.3 is 24.4 Å². The molecule has 1 aromatic carbocycles. The summed E-state index contributed by atoms with van der Waals surface area (Å²) in [6.45, 7) is 6.69. The molecular weight excluding hydrogens is 475 g/mol. The SMILES string of the molecule is CCCc1cnc(N2CC3COCC(C2)C3Oc2ncnc(Nc3ccc(CC)cc3F)c2OC)nc1. The molecule has 10 heteroatoms. The third-order valence-corrected chi connectivity index (χ3v) is 6.93. The summed E-state index contributed by atoms with van der Waals surface area (Å²) in [5.74, 6) is 1.57. The first-order chi connectivity index (χ1) is 18.1. The minimum Gasteiger partial charge on any atom is -0.489 e. The number of anilines is 3. The predicted octanol–water partition coefficient (Wildman–Crippen LogP) is 4.20. The van der Waals surface area contributed by atoms with Crippen LogP contribution in [-0.2, 0) is 17.6 Å². The Balaban J connectivity index is 1.33. The molecule has 37 heavy (non-hydrogen) atoms. The highest BCUT2D eigenvalue weighted by Crippen LogP contribution is 2.38. The van der Waals surface area contributed by atoms with Gasteiger partial charge in [-0.3, -0.25) is 0 Å². The Morgan fingerprint density at radius 1 is 1.05 bits per heavy atom. The number of benzene rings is 1. The molecular formula is C27H33FN6O3. The van der Waals surface area contributed by atoms with E-state index in [1.54, 1.807) is 6.07 Å². The Bertz CT molecular complexity index is 1200. The number of rotatable bonds is 9. The summed E-state index contributed by atoms with van der Waals surface area (Å²) >= 11 is 0. The van der Waals surface area contributed by atoms with Crippen molar-refractivity contribution in [3.63, 3.8) is 0 Å². The summed E-state index contributed by atoms with van der Waals surface area (Å²) in [5.41, 5.74) is 2.38. The molecule has 196 valence electrons. The Labute approximate surface area is 216 Å². The molecule has 2 aliphatic heterocycles. The van der Waals surface area contributed by atoms with E-state index in [-0.39, 0.29) is 23.8 Å². The monoisotopic (exact) mass is 508 g/mol. The van der Waals surface area contributed by atoms with Crippen LogP contribution in [0.4, 0.5) is 21.8 Å². The van der Waals surface area contributed by atoms with E-state index in [1.807, 2.05) is 25.4 Å². The summed E-state index contributed by atoms with van der Waals surface area (Å²) < 4.78 is 32.6. The van der Waals surface area contributed by atoms with Gasteiger partial charge in [0.1, 0.15) is 18.2 Å². The Morgan fingerprint density at radius 2 is 1.81 bits per heavy atom. The van der Waals surface area contributed by atoms with Crippen LogP contribution in [-0.4, -0.2) is 59.5 Å². The van der Waals surface area contributed by atoms with Crippen molar-refractivity contribution < 1.29 is 18.6 Å². The van der Waals surface area contributed by atoms with Gasteiger partial charge in [0.15, 0.2) is 5.82 Å². The van der Waals surface area contributed by atoms with Gasteiger partial charge in [-0.2, -0.15) is 4.98 Å². The number of aromatic nitrogens is 4. The molecule has 1 N–H and O–H groups in total. The lowest BCUT2D eigenvalue weighted by molar-refractivity contribution is -0.0776. The van der Waals surface area contributed by atoms with Crippen molar-refractivity contribution in [2.24, 2.45) is 11.8 Å².